The third kappa shape index (κ3) is 1.80. The van der Waals surface area contributed by atoms with Crippen molar-refractivity contribution in [1.29, 1.82) is 5.39 Å². The van der Waals surface area contributed by atoms with E-state index in [1.807, 2.05) is 0 Å². The molecule has 0 spiro atoms. The van der Waals surface area contributed by atoms with Gasteiger partial charge in [-0.05, 0) is 0 Å². The molecule has 2 rings (SSSR count). The Kier molecular flexibility index (Phi) is 3.28. The Hall–Kier alpha value is -3.44. The Balaban J connectivity index is 3.23. The number of fused-ring (bicyclic) bond motifs is 1. The van der Waals surface area contributed by atoms with Crippen LogP contribution in [0.4, 0.5) is 0 Å². The van der Waals surface area contributed by atoms with Gasteiger partial charge in [-0.2, -0.15) is 4.79 Å². The lowest BCUT2D eigenvalue weighted by Crippen LogP contribution is -2.52. The van der Waals surface area contributed by atoms with Crippen molar-refractivity contribution >= 4 is 11.8 Å². The van der Waals surface area contributed by atoms with Gasteiger partial charge in [-0.15, -0.1) is 0 Å². The Bertz CT molecular complexity index is 949. The first-order valence-corrected chi connectivity index (χ1v) is 5.21. The summed E-state index contributed by atoms with van der Waals surface area (Å²) in [5.74, 6) is 0. The van der Waals surface area contributed by atoms with Gasteiger partial charge in [0.15, 0.2) is 5.10 Å². The summed E-state index contributed by atoms with van der Waals surface area (Å²) in [4.78, 5) is 27.3. The van der Waals surface area contributed by atoms with Crippen LogP contribution in [-0.2, 0) is 0 Å². The molecule has 0 aliphatic heterocycles. The van der Waals surface area contributed by atoms with Gasteiger partial charge in [0.1, 0.15) is 5.56 Å². The van der Waals surface area contributed by atoms with Gasteiger partial charge in [0.05, 0.1) is 11.8 Å². The predicted molar refractivity (Wildman–Crippen MR) is 64.7 cm³/mol. The van der Waals surface area contributed by atoms with Crippen molar-refractivity contribution in [1.82, 2.24) is 0 Å². The monoisotopic (exact) mass is 268 g/mol. The molecule has 1 aliphatic rings. The molecule has 0 heterocycles. The first kappa shape index (κ1) is 13.0. The number of hydrogen-bond donors (Lipinski definition) is 0. The van der Waals surface area contributed by atoms with Crippen LogP contribution < -0.4 is 21.6 Å². The van der Waals surface area contributed by atoms with Crippen LogP contribution in [0.3, 0.4) is 0 Å². The molecule has 0 N–H and O–H groups in total. The molecule has 1 aromatic carbocycles. The summed E-state index contributed by atoms with van der Waals surface area (Å²) < 4.78 is 0. The van der Waals surface area contributed by atoms with Crippen molar-refractivity contribution in [2.45, 2.75) is 6.42 Å². The second kappa shape index (κ2) is 5.05. The molecule has 1 aliphatic carbocycles. The maximum Gasteiger partial charge on any atom is 0.339 e. The smallest absolute Gasteiger partial charge is 0.339 e. The molecule has 0 unspecified atom stereocenters. The molecule has 1 aromatic rings. The van der Waals surface area contributed by atoms with Crippen LogP contribution in [-0.4, -0.2) is 10.5 Å². The van der Waals surface area contributed by atoms with Crippen LogP contribution in [0, 0.1) is 5.39 Å². The second-order valence-electron chi connectivity index (χ2n) is 3.68. The number of allylic oxidation sites excluding steroid dienone is 1. The zero-order valence-electron chi connectivity index (χ0n) is 9.76. The molecule has 96 valence electrons. The zero-order chi connectivity index (χ0) is 14.7. The molecule has 0 fully saturated rings. The second-order valence-corrected chi connectivity index (χ2v) is 3.68. The average Bonchev–Trinajstić information content (AvgIpc) is 2.47. The van der Waals surface area contributed by atoms with E-state index < -0.39 is 21.6 Å². The average molecular weight is 268 g/mol. The topological polar surface area (TPSA) is 158 Å². The van der Waals surface area contributed by atoms with Gasteiger partial charge >= 0.3 is 10.8 Å². The van der Waals surface area contributed by atoms with Crippen molar-refractivity contribution < 1.29 is 4.79 Å². The van der Waals surface area contributed by atoms with E-state index in [-0.39, 0.29) is 23.3 Å². The van der Waals surface area contributed by atoms with Gasteiger partial charge in [-0.3, -0.25) is 14.8 Å². The minimum atomic E-state index is -0.822. The van der Waals surface area contributed by atoms with E-state index in [2.05, 4.69) is 25.3 Å². The normalized spacial score (nSPS) is 14.7. The summed E-state index contributed by atoms with van der Waals surface area (Å²) in [6.07, 6.45) is 3.03. The van der Waals surface area contributed by atoms with Crippen LogP contribution in [0.15, 0.2) is 31.1 Å². The van der Waals surface area contributed by atoms with E-state index in [1.54, 1.807) is 0 Å². The SMILES string of the molecule is N#[N+]N=c1c(=O)c2c(c(=O)c1=NN=[N-])C(=[N+]=[N-])CC=C2. The molecule has 0 radical (unpaired) electrons. The van der Waals surface area contributed by atoms with Crippen molar-refractivity contribution in [3.8, 4) is 0 Å². The van der Waals surface area contributed by atoms with Crippen LogP contribution in [0.5, 0.6) is 0 Å². The highest BCUT2D eigenvalue weighted by Crippen LogP contribution is 2.09. The maximum absolute atomic E-state index is 12.2. The summed E-state index contributed by atoms with van der Waals surface area (Å²) in [6, 6.07) is 0. The molecule has 0 saturated heterocycles. The van der Waals surface area contributed by atoms with Crippen molar-refractivity contribution in [2.75, 3.05) is 0 Å². The minimum absolute atomic E-state index is 0.0218. The van der Waals surface area contributed by atoms with Gasteiger partial charge in [-0.1, -0.05) is 12.2 Å². The molecule has 0 amide bonds. The van der Waals surface area contributed by atoms with Gasteiger partial charge in [0.2, 0.25) is 16.2 Å². The summed E-state index contributed by atoms with van der Waals surface area (Å²) in [6.45, 7) is 0. The van der Waals surface area contributed by atoms with Crippen molar-refractivity contribution in [2.24, 2.45) is 15.4 Å². The van der Waals surface area contributed by atoms with E-state index in [0.717, 1.165) is 0 Å². The molecular weight excluding hydrogens is 264 g/mol. The van der Waals surface area contributed by atoms with Crippen LogP contribution in [0.25, 0.3) is 22.2 Å². The molecule has 0 aromatic heterocycles. The van der Waals surface area contributed by atoms with Crippen molar-refractivity contribution in [3.63, 3.8) is 0 Å². The predicted octanol–water partition coefficient (Wildman–Crippen LogP) is -0.776. The van der Waals surface area contributed by atoms with Crippen LogP contribution in [0.1, 0.15) is 17.5 Å². The Labute approximate surface area is 109 Å². The van der Waals surface area contributed by atoms with E-state index >= 15 is 0 Å². The van der Waals surface area contributed by atoms with Gasteiger partial charge in [0, 0.05) is 5.56 Å². The molecule has 0 atom stereocenters. The van der Waals surface area contributed by atoms with Crippen LogP contribution in [0.2, 0.25) is 0 Å². The van der Waals surface area contributed by atoms with E-state index in [4.69, 9.17) is 16.5 Å². The summed E-state index contributed by atoms with van der Waals surface area (Å²) in [5.41, 5.74) is 15.5. The fourth-order valence-corrected chi connectivity index (χ4v) is 1.90. The quantitative estimate of drug-likeness (QED) is 0.283. The number of nitrogens with zero attached hydrogens (tertiary/aromatic N) is 8. The number of hydrogen-bond acceptors (Lipinski definition) is 5. The fraction of sp³-hybridized carbons (Fsp3) is 0.100. The highest BCUT2D eigenvalue weighted by atomic mass is 16.1. The van der Waals surface area contributed by atoms with Crippen molar-refractivity contribution in [3.05, 3.63) is 64.5 Å². The summed E-state index contributed by atoms with van der Waals surface area (Å²) in [5, 5.41) is 18.3. The first-order valence-electron chi connectivity index (χ1n) is 5.21. The number of diazo groups is 1. The number of rotatable bonds is 1. The van der Waals surface area contributed by atoms with E-state index in [0.29, 0.717) is 0 Å². The third-order valence-corrected chi connectivity index (χ3v) is 2.69. The fourth-order valence-electron chi connectivity index (χ4n) is 1.90. The zero-order valence-corrected chi connectivity index (χ0v) is 9.76. The Morgan fingerprint density at radius 3 is 2.60 bits per heavy atom. The standard InChI is InChI=1S/C10H4N8O2/c11-14-5-3-1-2-4-6(5)10(20)8(16-18-13)7(9(4)19)15-17-12/h1-2H,3H2. The lowest BCUT2D eigenvalue weighted by molar-refractivity contribution is -0.00616. The minimum Gasteiger partial charge on any atom is -0.362 e. The van der Waals surface area contributed by atoms with Gasteiger partial charge < -0.3 is 16.2 Å². The lowest BCUT2D eigenvalue weighted by atomic mass is 9.94. The molecule has 10 heteroatoms. The number of benzene rings is 1. The summed E-state index contributed by atoms with van der Waals surface area (Å²) >= 11 is 0. The van der Waals surface area contributed by atoms with Gasteiger partial charge in [-0.25, -0.2) is 0 Å². The van der Waals surface area contributed by atoms with E-state index in [1.165, 1.54) is 12.2 Å². The molecule has 0 saturated carbocycles. The maximum atomic E-state index is 12.2. The largest absolute Gasteiger partial charge is 0.362 e. The highest BCUT2D eigenvalue weighted by Gasteiger charge is 2.26. The van der Waals surface area contributed by atoms with Gasteiger partial charge in [0.25, 0.3) is 5.39 Å². The molecule has 20 heavy (non-hydrogen) atoms. The molecule has 10 nitrogen and oxygen atoms in total. The highest BCUT2D eigenvalue weighted by molar-refractivity contribution is 6.02. The summed E-state index contributed by atoms with van der Waals surface area (Å²) in [7, 11) is 0. The Morgan fingerprint density at radius 2 is 2.00 bits per heavy atom. The molecule has 0 bridgehead atoms. The third-order valence-electron chi connectivity index (χ3n) is 2.69. The lowest BCUT2D eigenvalue weighted by Gasteiger charge is -2.04. The van der Waals surface area contributed by atoms with Crippen LogP contribution >= 0.6 is 0 Å². The first-order chi connectivity index (χ1) is 9.65. The molecular formula is C10H4N8O2. The van der Waals surface area contributed by atoms with E-state index in [9.17, 15) is 9.59 Å². The Morgan fingerprint density at radius 1 is 1.25 bits per heavy atom.